The van der Waals surface area contributed by atoms with Crippen molar-refractivity contribution in [1.29, 1.82) is 0 Å². The molecule has 1 heterocycles. The number of carbonyl (C=O) groups is 1. The number of fused-ring (bicyclic) bond motifs is 1. The van der Waals surface area contributed by atoms with Crippen LogP contribution in [0.15, 0.2) is 36.5 Å². The van der Waals surface area contributed by atoms with Gasteiger partial charge in [-0.3, -0.25) is 9.78 Å². The quantitative estimate of drug-likeness (QED) is 0.689. The van der Waals surface area contributed by atoms with Gasteiger partial charge >= 0.3 is 0 Å². The first-order valence-corrected chi connectivity index (χ1v) is 7.85. The molecule has 0 amide bonds. The zero-order valence-electron chi connectivity index (χ0n) is 12.3. The van der Waals surface area contributed by atoms with Gasteiger partial charge in [-0.1, -0.05) is 43.9 Å². The molecule has 3 rings (SSSR count). The van der Waals surface area contributed by atoms with Crippen molar-refractivity contribution in [1.82, 2.24) is 4.98 Å². The van der Waals surface area contributed by atoms with Gasteiger partial charge in [-0.2, -0.15) is 0 Å². The molecule has 0 unspecified atom stereocenters. The van der Waals surface area contributed by atoms with Crippen LogP contribution in [0.25, 0.3) is 10.9 Å². The number of ketones is 1. The summed E-state index contributed by atoms with van der Waals surface area (Å²) in [5, 5.41) is 1.07. The zero-order chi connectivity index (χ0) is 14.7. The average molecular weight is 282 g/mol. The van der Waals surface area contributed by atoms with Gasteiger partial charge in [0.25, 0.3) is 0 Å². The molecule has 3 heteroatoms. The molecule has 0 bridgehead atoms. The van der Waals surface area contributed by atoms with Crippen molar-refractivity contribution in [3.05, 3.63) is 42.1 Å². The van der Waals surface area contributed by atoms with E-state index in [0.29, 0.717) is 6.54 Å². The van der Waals surface area contributed by atoms with E-state index < -0.39 is 0 Å². The largest absolute Gasteiger partial charge is 0.329 e. The van der Waals surface area contributed by atoms with Crippen LogP contribution in [0.3, 0.4) is 0 Å². The number of hydrogen-bond acceptors (Lipinski definition) is 3. The van der Waals surface area contributed by atoms with E-state index in [-0.39, 0.29) is 11.2 Å². The molecule has 1 saturated carbocycles. The maximum Gasteiger partial charge on any atom is 0.170 e. The Balaban J connectivity index is 1.97. The second-order valence-corrected chi connectivity index (χ2v) is 6.14. The van der Waals surface area contributed by atoms with E-state index in [1.807, 2.05) is 30.3 Å². The predicted octanol–water partition coefficient (Wildman–Crippen LogP) is 3.72. The Morgan fingerprint density at radius 1 is 1.14 bits per heavy atom. The van der Waals surface area contributed by atoms with Gasteiger partial charge in [0.1, 0.15) is 0 Å². The summed E-state index contributed by atoms with van der Waals surface area (Å²) in [6.45, 7) is 0.450. The number of nitrogens with zero attached hydrogens (tertiary/aromatic N) is 1. The average Bonchev–Trinajstić information content (AvgIpc) is 2.80. The Morgan fingerprint density at radius 3 is 2.62 bits per heavy atom. The highest BCUT2D eigenvalue weighted by Gasteiger charge is 2.37. The van der Waals surface area contributed by atoms with Gasteiger partial charge in [0, 0.05) is 29.1 Å². The molecular formula is C18H22N2O. The summed E-state index contributed by atoms with van der Waals surface area (Å²) in [4.78, 5) is 17.4. The predicted molar refractivity (Wildman–Crippen MR) is 85.3 cm³/mol. The second kappa shape index (κ2) is 5.94. The second-order valence-electron chi connectivity index (χ2n) is 6.14. The minimum atomic E-state index is -0.362. The monoisotopic (exact) mass is 282 g/mol. The SMILES string of the molecule is NCC1(C(=O)c2ccc3cccnc3c2)CCCCCC1. The molecule has 0 saturated heterocycles. The topological polar surface area (TPSA) is 56.0 Å². The molecule has 0 atom stereocenters. The number of rotatable bonds is 3. The van der Waals surface area contributed by atoms with Gasteiger partial charge in [0.2, 0.25) is 0 Å². The molecular weight excluding hydrogens is 260 g/mol. The molecule has 0 spiro atoms. The number of aromatic nitrogens is 1. The van der Waals surface area contributed by atoms with Gasteiger partial charge < -0.3 is 5.73 Å². The van der Waals surface area contributed by atoms with Crippen molar-refractivity contribution < 1.29 is 4.79 Å². The number of carbonyl (C=O) groups excluding carboxylic acids is 1. The third kappa shape index (κ3) is 2.70. The number of benzene rings is 1. The molecule has 0 aliphatic heterocycles. The third-order valence-electron chi connectivity index (χ3n) is 4.80. The lowest BCUT2D eigenvalue weighted by Crippen LogP contribution is -2.38. The van der Waals surface area contributed by atoms with Crippen LogP contribution in [-0.4, -0.2) is 17.3 Å². The van der Waals surface area contributed by atoms with Crippen molar-refractivity contribution in [3.63, 3.8) is 0 Å². The van der Waals surface area contributed by atoms with Gasteiger partial charge in [0.15, 0.2) is 5.78 Å². The van der Waals surface area contributed by atoms with Crippen molar-refractivity contribution in [3.8, 4) is 0 Å². The van der Waals surface area contributed by atoms with Crippen LogP contribution in [0.1, 0.15) is 48.9 Å². The number of pyridine rings is 1. The first-order valence-electron chi connectivity index (χ1n) is 7.85. The van der Waals surface area contributed by atoms with Gasteiger partial charge in [-0.05, 0) is 25.0 Å². The maximum absolute atomic E-state index is 13.0. The van der Waals surface area contributed by atoms with Crippen LogP contribution < -0.4 is 5.73 Å². The Hall–Kier alpha value is -1.74. The lowest BCUT2D eigenvalue weighted by atomic mass is 9.74. The molecule has 2 N–H and O–H groups in total. The van der Waals surface area contributed by atoms with Crippen LogP contribution in [0, 0.1) is 5.41 Å². The van der Waals surface area contributed by atoms with Crippen LogP contribution in [-0.2, 0) is 0 Å². The van der Waals surface area contributed by atoms with Crippen LogP contribution in [0.5, 0.6) is 0 Å². The first kappa shape index (κ1) is 14.2. The number of Topliss-reactive ketones (excluding diaryl/α,β-unsaturated/α-hetero) is 1. The molecule has 2 aromatic rings. The van der Waals surface area contributed by atoms with E-state index in [1.165, 1.54) is 12.8 Å². The molecule has 1 aliphatic carbocycles. The van der Waals surface area contributed by atoms with Crippen LogP contribution in [0.2, 0.25) is 0 Å². The lowest BCUT2D eigenvalue weighted by molar-refractivity contribution is 0.0774. The van der Waals surface area contributed by atoms with E-state index in [4.69, 9.17) is 5.73 Å². The number of nitrogens with two attached hydrogens (primary N) is 1. The van der Waals surface area contributed by atoms with Gasteiger partial charge in [-0.25, -0.2) is 0 Å². The summed E-state index contributed by atoms with van der Waals surface area (Å²) in [5.41, 5.74) is 7.30. The minimum Gasteiger partial charge on any atom is -0.329 e. The fourth-order valence-electron chi connectivity index (χ4n) is 3.44. The summed E-state index contributed by atoms with van der Waals surface area (Å²) < 4.78 is 0. The molecule has 1 aromatic carbocycles. The highest BCUT2D eigenvalue weighted by molar-refractivity contribution is 6.03. The molecule has 1 aliphatic rings. The van der Waals surface area contributed by atoms with E-state index in [2.05, 4.69) is 4.98 Å². The fraction of sp³-hybridized carbons (Fsp3) is 0.444. The van der Waals surface area contributed by atoms with Crippen LogP contribution >= 0.6 is 0 Å². The summed E-state index contributed by atoms with van der Waals surface area (Å²) in [5.74, 6) is 0.208. The molecule has 21 heavy (non-hydrogen) atoms. The Bertz CT molecular complexity index is 642. The van der Waals surface area contributed by atoms with E-state index >= 15 is 0 Å². The van der Waals surface area contributed by atoms with Crippen molar-refractivity contribution in [2.45, 2.75) is 38.5 Å². The van der Waals surface area contributed by atoms with E-state index in [9.17, 15) is 4.79 Å². The van der Waals surface area contributed by atoms with E-state index in [1.54, 1.807) is 6.20 Å². The third-order valence-corrected chi connectivity index (χ3v) is 4.80. The van der Waals surface area contributed by atoms with Crippen molar-refractivity contribution >= 4 is 16.7 Å². The summed E-state index contributed by atoms with van der Waals surface area (Å²) in [6.07, 6.45) is 8.25. The van der Waals surface area contributed by atoms with Crippen LogP contribution in [0.4, 0.5) is 0 Å². The molecule has 1 fully saturated rings. The molecule has 110 valence electrons. The summed E-state index contributed by atoms with van der Waals surface area (Å²) >= 11 is 0. The molecule has 3 nitrogen and oxygen atoms in total. The first-order chi connectivity index (χ1) is 10.2. The van der Waals surface area contributed by atoms with Crippen molar-refractivity contribution in [2.75, 3.05) is 6.54 Å². The Kier molecular flexibility index (Phi) is 4.02. The highest BCUT2D eigenvalue weighted by Crippen LogP contribution is 2.37. The Labute approximate surface area is 125 Å². The smallest absolute Gasteiger partial charge is 0.170 e. The van der Waals surface area contributed by atoms with Crippen molar-refractivity contribution in [2.24, 2.45) is 11.1 Å². The summed E-state index contributed by atoms with van der Waals surface area (Å²) in [7, 11) is 0. The molecule has 1 aromatic heterocycles. The van der Waals surface area contributed by atoms with Gasteiger partial charge in [0.05, 0.1) is 5.52 Å². The van der Waals surface area contributed by atoms with Gasteiger partial charge in [-0.15, -0.1) is 0 Å². The number of hydrogen-bond donors (Lipinski definition) is 1. The fourth-order valence-corrected chi connectivity index (χ4v) is 3.44. The standard InChI is InChI=1S/C18H22N2O/c19-13-18(9-3-1-2-4-10-18)17(21)15-8-7-14-6-5-11-20-16(14)12-15/h5-8,11-12H,1-4,9-10,13,19H2. The maximum atomic E-state index is 13.0. The summed E-state index contributed by atoms with van der Waals surface area (Å²) in [6, 6.07) is 9.75. The highest BCUT2D eigenvalue weighted by atomic mass is 16.1. The lowest BCUT2D eigenvalue weighted by Gasteiger charge is -2.29. The Morgan fingerprint density at radius 2 is 1.90 bits per heavy atom. The van der Waals surface area contributed by atoms with E-state index in [0.717, 1.165) is 42.1 Å². The minimum absolute atomic E-state index is 0.208. The zero-order valence-corrected chi connectivity index (χ0v) is 12.3. The molecule has 0 radical (unpaired) electrons. The normalized spacial score (nSPS) is 18.3.